The van der Waals surface area contributed by atoms with Crippen LogP contribution in [-0.4, -0.2) is 57.9 Å². The van der Waals surface area contributed by atoms with Crippen molar-refractivity contribution < 1.29 is 26.7 Å². The van der Waals surface area contributed by atoms with E-state index in [2.05, 4.69) is 20.3 Å². The molecule has 1 aliphatic heterocycles. The molecule has 1 fully saturated rings. The van der Waals surface area contributed by atoms with Crippen LogP contribution in [0.4, 0.5) is 33.6 Å². The summed E-state index contributed by atoms with van der Waals surface area (Å²) in [7, 11) is 0. The summed E-state index contributed by atoms with van der Waals surface area (Å²) in [6.07, 6.45) is -1.39. The predicted molar refractivity (Wildman–Crippen MR) is 125 cm³/mol. The Hall–Kier alpha value is -3.57. The average Bonchev–Trinajstić information content (AvgIpc) is 2.82. The molecule has 0 radical (unpaired) electrons. The van der Waals surface area contributed by atoms with Crippen molar-refractivity contribution in [2.75, 3.05) is 36.4 Å². The number of halogens is 5. The molecular formula is C24H25F5N6O. The molecule has 0 aliphatic carbocycles. The molecule has 192 valence electrons. The number of anilines is 2. The van der Waals surface area contributed by atoms with Gasteiger partial charge in [0.1, 0.15) is 23.3 Å². The zero-order chi connectivity index (χ0) is 26.2. The average molecular weight is 508 g/mol. The van der Waals surface area contributed by atoms with Crippen LogP contribution in [0.3, 0.4) is 0 Å². The highest BCUT2D eigenvalue weighted by Gasteiger charge is 2.37. The van der Waals surface area contributed by atoms with Crippen molar-refractivity contribution in [2.24, 2.45) is 0 Å². The summed E-state index contributed by atoms with van der Waals surface area (Å²) in [5.74, 6) is -4.27. The van der Waals surface area contributed by atoms with Gasteiger partial charge in [0, 0.05) is 44.1 Å². The monoisotopic (exact) mass is 508 g/mol. The number of rotatable bonds is 6. The number of aromatic nitrogens is 3. The zero-order valence-corrected chi connectivity index (χ0v) is 19.9. The van der Waals surface area contributed by atoms with Gasteiger partial charge in [0.15, 0.2) is 0 Å². The van der Waals surface area contributed by atoms with Crippen molar-refractivity contribution in [1.29, 1.82) is 0 Å². The summed E-state index contributed by atoms with van der Waals surface area (Å²) >= 11 is 0. The zero-order valence-electron chi connectivity index (χ0n) is 19.9. The summed E-state index contributed by atoms with van der Waals surface area (Å²) in [5.41, 5.74) is -0.0861. The number of piperazine rings is 1. The van der Waals surface area contributed by atoms with Gasteiger partial charge in [0.2, 0.25) is 0 Å². The molecule has 3 heterocycles. The summed E-state index contributed by atoms with van der Waals surface area (Å²) in [5, 5.41) is 3.67. The van der Waals surface area contributed by atoms with Gasteiger partial charge in [0.05, 0.1) is 23.3 Å². The molecule has 1 N–H and O–H groups in total. The van der Waals surface area contributed by atoms with Gasteiger partial charge in [-0.2, -0.15) is 8.78 Å². The highest BCUT2D eigenvalue weighted by molar-refractivity contribution is 5.90. The SMILES string of the molecule is Cc1nc(N[C@H](C)c2cccc(C(F)F)c2F)c2cc(N3CCN(C(=O)C(C)(F)F)CC3)ncc2n1. The molecule has 3 aromatic rings. The first-order valence-corrected chi connectivity index (χ1v) is 11.3. The van der Waals surface area contributed by atoms with Crippen molar-refractivity contribution in [3.8, 4) is 0 Å². The number of pyridine rings is 1. The highest BCUT2D eigenvalue weighted by Crippen LogP contribution is 2.31. The number of hydrogen-bond donors (Lipinski definition) is 1. The van der Waals surface area contributed by atoms with Gasteiger partial charge >= 0.3 is 5.92 Å². The van der Waals surface area contributed by atoms with Crippen LogP contribution >= 0.6 is 0 Å². The fraction of sp³-hybridized carbons (Fsp3) is 0.417. The van der Waals surface area contributed by atoms with Gasteiger partial charge in [-0.1, -0.05) is 18.2 Å². The number of carbonyl (C=O) groups excluding carboxylic acids is 1. The molecule has 0 unspecified atom stereocenters. The normalized spacial score (nSPS) is 15.5. The van der Waals surface area contributed by atoms with E-state index in [4.69, 9.17) is 0 Å². The first-order valence-electron chi connectivity index (χ1n) is 11.3. The Kier molecular flexibility index (Phi) is 6.96. The van der Waals surface area contributed by atoms with Gasteiger partial charge < -0.3 is 15.1 Å². The third kappa shape index (κ3) is 5.17. The third-order valence-electron chi connectivity index (χ3n) is 6.06. The molecule has 12 heteroatoms. The molecule has 0 bridgehead atoms. The van der Waals surface area contributed by atoms with Crippen LogP contribution in [0.15, 0.2) is 30.5 Å². The molecule has 2 aromatic heterocycles. The quantitative estimate of drug-likeness (QED) is 0.478. The van der Waals surface area contributed by atoms with E-state index >= 15 is 0 Å². The minimum Gasteiger partial charge on any atom is -0.363 e. The molecule has 0 saturated carbocycles. The maximum Gasteiger partial charge on any atom is 0.322 e. The lowest BCUT2D eigenvalue weighted by Crippen LogP contribution is -2.52. The fourth-order valence-corrected chi connectivity index (χ4v) is 4.19. The maximum atomic E-state index is 14.7. The Morgan fingerprint density at radius 3 is 2.42 bits per heavy atom. The second-order valence-corrected chi connectivity index (χ2v) is 8.76. The van der Waals surface area contributed by atoms with Crippen molar-refractivity contribution >= 4 is 28.4 Å². The first-order chi connectivity index (χ1) is 17.0. The Bertz CT molecular complexity index is 1270. The largest absolute Gasteiger partial charge is 0.363 e. The number of amides is 1. The Balaban J connectivity index is 1.60. The number of hydrogen-bond acceptors (Lipinski definition) is 6. The molecule has 1 amide bonds. The second kappa shape index (κ2) is 9.82. The topological polar surface area (TPSA) is 74.2 Å². The summed E-state index contributed by atoms with van der Waals surface area (Å²) in [6, 6.07) is 4.89. The number of alkyl halides is 4. The molecule has 1 aromatic carbocycles. The standard InChI is InChI=1S/C24H25F5N6O/c1-13(15-5-4-6-16(20(15)25)21(26)27)31-22-17-11-19(30-12-18(17)32-14(2)33-22)34-7-9-35(10-8-34)23(36)24(3,28)29/h4-6,11-13,21H,7-10H2,1-3H3,(H,31,32,33)/t13-/m1/s1. The molecule has 0 spiro atoms. The van der Waals surface area contributed by atoms with Crippen LogP contribution in [-0.2, 0) is 4.79 Å². The van der Waals surface area contributed by atoms with E-state index in [9.17, 15) is 26.7 Å². The second-order valence-electron chi connectivity index (χ2n) is 8.76. The molecule has 1 aliphatic rings. The van der Waals surface area contributed by atoms with Gasteiger partial charge in [-0.3, -0.25) is 4.79 Å². The number of fused-ring (bicyclic) bond motifs is 1. The predicted octanol–water partition coefficient (Wildman–Crippen LogP) is 4.89. The van der Waals surface area contributed by atoms with Crippen LogP contribution < -0.4 is 10.2 Å². The molecule has 1 atom stereocenters. The van der Waals surface area contributed by atoms with Crippen LogP contribution in [0.1, 0.15) is 43.3 Å². The van der Waals surface area contributed by atoms with E-state index < -0.39 is 35.7 Å². The van der Waals surface area contributed by atoms with Crippen LogP contribution in [0, 0.1) is 12.7 Å². The lowest BCUT2D eigenvalue weighted by molar-refractivity contribution is -0.155. The Morgan fingerprint density at radius 2 is 1.78 bits per heavy atom. The van der Waals surface area contributed by atoms with E-state index in [1.165, 1.54) is 12.1 Å². The summed E-state index contributed by atoms with van der Waals surface area (Å²) in [6.45, 7) is 4.75. The number of carbonyl (C=O) groups is 1. The van der Waals surface area contributed by atoms with Crippen LogP contribution in [0.25, 0.3) is 10.9 Å². The lowest BCUT2D eigenvalue weighted by Gasteiger charge is -2.36. The molecule has 7 nitrogen and oxygen atoms in total. The van der Waals surface area contributed by atoms with Gasteiger partial charge in [-0.15, -0.1) is 0 Å². The Labute approximate surface area is 204 Å². The number of nitrogens with zero attached hydrogens (tertiary/aromatic N) is 5. The minimum atomic E-state index is -3.43. The lowest BCUT2D eigenvalue weighted by atomic mass is 10.0. The van der Waals surface area contributed by atoms with Crippen LogP contribution in [0.5, 0.6) is 0 Å². The number of aryl methyl sites for hydroxylation is 1. The smallest absolute Gasteiger partial charge is 0.322 e. The van der Waals surface area contributed by atoms with Gasteiger partial charge in [0.25, 0.3) is 12.3 Å². The maximum absolute atomic E-state index is 14.7. The summed E-state index contributed by atoms with van der Waals surface area (Å²) < 4.78 is 67.8. The molecule has 4 rings (SSSR count). The van der Waals surface area contributed by atoms with E-state index in [1.54, 1.807) is 26.1 Å². The minimum absolute atomic E-state index is 0.0695. The van der Waals surface area contributed by atoms with Crippen molar-refractivity contribution in [3.05, 3.63) is 53.2 Å². The van der Waals surface area contributed by atoms with E-state index in [0.29, 0.717) is 48.4 Å². The van der Waals surface area contributed by atoms with Gasteiger partial charge in [-0.25, -0.2) is 28.1 Å². The van der Waals surface area contributed by atoms with E-state index in [1.807, 2.05) is 4.90 Å². The van der Waals surface area contributed by atoms with Crippen molar-refractivity contribution in [1.82, 2.24) is 19.9 Å². The van der Waals surface area contributed by atoms with Crippen LogP contribution in [0.2, 0.25) is 0 Å². The molecule has 36 heavy (non-hydrogen) atoms. The Morgan fingerprint density at radius 1 is 1.11 bits per heavy atom. The first kappa shape index (κ1) is 25.5. The summed E-state index contributed by atoms with van der Waals surface area (Å²) in [4.78, 5) is 28.1. The molecular weight excluding hydrogens is 483 g/mol. The highest BCUT2D eigenvalue weighted by atomic mass is 19.3. The fourth-order valence-electron chi connectivity index (χ4n) is 4.19. The van der Waals surface area contributed by atoms with Crippen molar-refractivity contribution in [3.63, 3.8) is 0 Å². The van der Waals surface area contributed by atoms with E-state index in [0.717, 1.165) is 11.0 Å². The van der Waals surface area contributed by atoms with E-state index in [-0.39, 0.29) is 18.7 Å². The van der Waals surface area contributed by atoms with Crippen molar-refractivity contribution in [2.45, 2.75) is 39.2 Å². The number of nitrogens with one attached hydrogen (secondary N) is 1. The number of benzene rings is 1. The van der Waals surface area contributed by atoms with Gasteiger partial charge in [-0.05, 0) is 19.9 Å². The third-order valence-corrected chi connectivity index (χ3v) is 6.06. The molecule has 1 saturated heterocycles.